The van der Waals surface area contributed by atoms with Crippen LogP contribution in [0, 0.1) is 29.1 Å². The number of phenols is 1. The maximum absolute atomic E-state index is 15.2. The molecule has 4 aliphatic heterocycles. The number of amides is 1. The van der Waals surface area contributed by atoms with Gasteiger partial charge in [-0.05, 0) is 93.2 Å². The van der Waals surface area contributed by atoms with Gasteiger partial charge in [0.1, 0.15) is 28.7 Å². The number of fused-ring (bicyclic) bond motifs is 3. The van der Waals surface area contributed by atoms with Gasteiger partial charge in [-0.15, -0.1) is 0 Å². The van der Waals surface area contributed by atoms with Gasteiger partial charge in [-0.1, -0.05) is 29.4 Å². The van der Waals surface area contributed by atoms with E-state index in [-0.39, 0.29) is 54.3 Å². The summed E-state index contributed by atoms with van der Waals surface area (Å²) in [5.41, 5.74) is 7.80. The van der Waals surface area contributed by atoms with E-state index in [1.807, 2.05) is 46.8 Å². The molecule has 8 rings (SSSR count). The minimum absolute atomic E-state index is 0.0163. The SMILES string of the molecule is CC(C)=CCCC1(C)C=Cc2c(O)c3c(c(CC=C(C)C)c2O1)OC12C4=C3NC(N)=C(C#N)C4C3CC1C(C)(C)OC2(C/C=C(/C)C(=O)NCCO)C3=O. The summed E-state index contributed by atoms with van der Waals surface area (Å²) in [7, 11) is 0. The number of dihydropyridines is 1. The maximum atomic E-state index is 15.2. The number of Topliss-reactive ketones (excluding diaryl/α,β-unsaturated/α-hetero) is 1. The molecule has 11 heteroatoms. The van der Waals surface area contributed by atoms with Crippen LogP contribution in [-0.4, -0.2) is 57.5 Å². The zero-order chi connectivity index (χ0) is 39.1. The lowest BCUT2D eigenvalue weighted by molar-refractivity contribution is -0.181. The number of rotatable bonds is 10. The Hall–Kier alpha value is -4.79. The molecule has 1 spiro atoms. The van der Waals surface area contributed by atoms with Crippen molar-refractivity contribution in [2.75, 3.05) is 13.2 Å². The molecule has 3 saturated carbocycles. The van der Waals surface area contributed by atoms with Gasteiger partial charge < -0.3 is 40.8 Å². The molecule has 1 aromatic rings. The summed E-state index contributed by atoms with van der Waals surface area (Å²) in [6.45, 7) is 15.7. The summed E-state index contributed by atoms with van der Waals surface area (Å²) in [5, 5.41) is 38.2. The van der Waals surface area contributed by atoms with Crippen LogP contribution in [0.4, 0.5) is 0 Å². The number of aromatic hydroxyl groups is 1. The maximum Gasteiger partial charge on any atom is 0.246 e. The van der Waals surface area contributed by atoms with Crippen molar-refractivity contribution in [2.45, 2.75) is 110 Å². The third-order valence-electron chi connectivity index (χ3n) is 12.3. The number of nitrogens with two attached hydrogens (primary N) is 1. The average molecular weight is 737 g/mol. The number of aliphatic hydroxyl groups excluding tert-OH is 1. The number of nitrogens with zero attached hydrogens (tertiary/aromatic N) is 1. The number of phenolic OH excluding ortho intramolecular Hbond substituents is 1. The number of benzene rings is 1. The first kappa shape index (κ1) is 37.5. The quantitative estimate of drug-likeness (QED) is 0.146. The summed E-state index contributed by atoms with van der Waals surface area (Å²) >= 11 is 0. The van der Waals surface area contributed by atoms with E-state index in [4.69, 9.17) is 19.9 Å². The van der Waals surface area contributed by atoms with Crippen LogP contribution >= 0.6 is 0 Å². The fraction of sp³-hybridized carbons (Fsp3) is 0.512. The molecule has 4 fully saturated rings. The number of nitriles is 1. The number of carbonyl (C=O) groups is 2. The molecule has 6 N–H and O–H groups in total. The Bertz CT molecular complexity index is 2090. The fourth-order valence-corrected chi connectivity index (χ4v) is 9.83. The Balaban J connectivity index is 1.50. The van der Waals surface area contributed by atoms with Gasteiger partial charge in [0.05, 0.1) is 40.7 Å². The highest BCUT2D eigenvalue weighted by Gasteiger charge is 2.84. The molecule has 4 heterocycles. The Morgan fingerprint density at radius 1 is 1.11 bits per heavy atom. The van der Waals surface area contributed by atoms with Crippen LogP contribution < -0.4 is 25.8 Å². The van der Waals surface area contributed by atoms with E-state index in [0.29, 0.717) is 64.3 Å². The van der Waals surface area contributed by atoms with Crippen molar-refractivity contribution in [3.63, 3.8) is 0 Å². The van der Waals surface area contributed by atoms with Crippen LogP contribution in [0.3, 0.4) is 0 Å². The number of nitrogens with one attached hydrogen (secondary N) is 2. The summed E-state index contributed by atoms with van der Waals surface area (Å²) in [5.74, 6) is -1.33. The zero-order valence-electron chi connectivity index (χ0n) is 32.5. The summed E-state index contributed by atoms with van der Waals surface area (Å²) < 4.78 is 21.5. The predicted octanol–water partition coefficient (Wildman–Crippen LogP) is 5.78. The standard InChI is InChI=1S/C43H52N4O7/c1-22(2)10-9-15-41(8)16-14-25-34(49)31-33-32-30(28(21-44)38(45)47-33)27-20-29-40(6,7)54-42(37(27)50,17-13-24(5)39(51)46-18-19-48)43(29,32)53-36(31)26(35(25)52-41)12-11-23(3)4/h10-11,13-14,16,27,29-30,47-49H,9,12,15,17-20,45H2,1-8H3,(H,46,51)/b24-13-. The van der Waals surface area contributed by atoms with Crippen LogP contribution in [0.5, 0.6) is 17.2 Å². The van der Waals surface area contributed by atoms with Crippen molar-refractivity contribution in [3.8, 4) is 23.3 Å². The Kier molecular flexibility index (Phi) is 8.97. The number of ether oxygens (including phenoxy) is 3. The lowest BCUT2D eigenvalue weighted by atomic mass is 9.45. The first-order chi connectivity index (χ1) is 25.5. The van der Waals surface area contributed by atoms with E-state index in [1.54, 1.807) is 13.0 Å². The highest BCUT2D eigenvalue weighted by molar-refractivity contribution is 6.02. The van der Waals surface area contributed by atoms with Gasteiger partial charge in [0.25, 0.3) is 0 Å². The number of aliphatic hydroxyl groups is 1. The highest BCUT2D eigenvalue weighted by atomic mass is 16.6. The number of hydrogen-bond donors (Lipinski definition) is 5. The van der Waals surface area contributed by atoms with Crippen molar-refractivity contribution >= 4 is 23.5 Å². The second-order valence-electron chi connectivity index (χ2n) is 16.9. The monoisotopic (exact) mass is 736 g/mol. The normalized spacial score (nSPS) is 30.6. The molecule has 54 heavy (non-hydrogen) atoms. The summed E-state index contributed by atoms with van der Waals surface area (Å²) in [6.07, 6.45) is 12.2. The molecular weight excluding hydrogens is 684 g/mol. The van der Waals surface area contributed by atoms with Gasteiger partial charge in [-0.25, -0.2) is 0 Å². The average Bonchev–Trinajstić information content (AvgIpc) is 3.25. The van der Waals surface area contributed by atoms with Gasteiger partial charge in [-0.3, -0.25) is 9.59 Å². The lowest BCUT2D eigenvalue weighted by Crippen LogP contribution is -2.75. The number of hydrogen-bond acceptors (Lipinski definition) is 10. The topological polar surface area (TPSA) is 176 Å². The number of ketones is 1. The van der Waals surface area contributed by atoms with Crippen molar-refractivity contribution in [2.24, 2.45) is 23.5 Å². The van der Waals surface area contributed by atoms with Crippen LogP contribution in [0.2, 0.25) is 0 Å². The van der Waals surface area contributed by atoms with E-state index < -0.39 is 34.2 Å². The van der Waals surface area contributed by atoms with Gasteiger partial charge >= 0.3 is 0 Å². The molecule has 6 atom stereocenters. The van der Waals surface area contributed by atoms with Crippen LogP contribution in [0.25, 0.3) is 11.8 Å². The first-order valence-corrected chi connectivity index (χ1v) is 18.9. The van der Waals surface area contributed by atoms with Crippen molar-refractivity contribution in [3.05, 3.63) is 74.7 Å². The lowest BCUT2D eigenvalue weighted by Gasteiger charge is -2.62. The number of allylic oxidation sites excluding steroid dienone is 5. The molecule has 6 unspecified atom stereocenters. The molecule has 1 aromatic carbocycles. The van der Waals surface area contributed by atoms with E-state index in [9.17, 15) is 20.3 Å². The second-order valence-corrected chi connectivity index (χ2v) is 16.9. The van der Waals surface area contributed by atoms with E-state index >= 15 is 4.79 Å². The Labute approximate surface area is 317 Å². The third-order valence-corrected chi connectivity index (χ3v) is 12.3. The fourth-order valence-electron chi connectivity index (χ4n) is 9.83. The van der Waals surface area contributed by atoms with E-state index in [1.165, 1.54) is 5.57 Å². The summed E-state index contributed by atoms with van der Waals surface area (Å²) in [6, 6.07) is 2.30. The minimum Gasteiger partial charge on any atom is -0.506 e. The zero-order valence-corrected chi connectivity index (χ0v) is 32.5. The van der Waals surface area contributed by atoms with Gasteiger partial charge in [0.2, 0.25) is 5.91 Å². The Morgan fingerprint density at radius 2 is 1.83 bits per heavy atom. The molecule has 7 aliphatic rings. The third kappa shape index (κ3) is 5.28. The molecule has 1 amide bonds. The smallest absolute Gasteiger partial charge is 0.246 e. The summed E-state index contributed by atoms with van der Waals surface area (Å²) in [4.78, 5) is 28.2. The van der Waals surface area contributed by atoms with Gasteiger partial charge in [0.15, 0.2) is 17.0 Å². The van der Waals surface area contributed by atoms with Gasteiger partial charge in [-0.2, -0.15) is 5.26 Å². The molecule has 11 nitrogen and oxygen atoms in total. The molecule has 4 bridgehead atoms. The second kappa shape index (κ2) is 12.9. The van der Waals surface area contributed by atoms with E-state index in [2.05, 4.69) is 42.7 Å². The van der Waals surface area contributed by atoms with Crippen molar-refractivity contribution in [1.82, 2.24) is 10.6 Å². The molecular formula is C43H52N4O7. The van der Waals surface area contributed by atoms with Crippen LogP contribution in [0.15, 0.2) is 58.0 Å². The van der Waals surface area contributed by atoms with Crippen LogP contribution in [-0.2, 0) is 20.7 Å². The first-order valence-electron chi connectivity index (χ1n) is 18.9. The largest absolute Gasteiger partial charge is 0.506 e. The Morgan fingerprint density at radius 3 is 2.50 bits per heavy atom. The molecule has 1 saturated heterocycles. The molecule has 3 aliphatic carbocycles. The molecule has 0 aromatic heterocycles. The highest BCUT2D eigenvalue weighted by Crippen LogP contribution is 2.73. The predicted molar refractivity (Wildman–Crippen MR) is 205 cm³/mol. The number of carbonyl (C=O) groups excluding carboxylic acids is 2. The molecule has 0 radical (unpaired) electrons. The molecule has 286 valence electrons. The minimum atomic E-state index is -1.59. The van der Waals surface area contributed by atoms with Crippen molar-refractivity contribution in [1.29, 1.82) is 5.26 Å². The van der Waals surface area contributed by atoms with E-state index in [0.717, 1.165) is 12.0 Å². The van der Waals surface area contributed by atoms with Gasteiger partial charge in [0, 0.05) is 47.4 Å². The van der Waals surface area contributed by atoms with Crippen molar-refractivity contribution < 1.29 is 34.0 Å². The van der Waals surface area contributed by atoms with Crippen LogP contribution in [0.1, 0.15) is 97.8 Å².